The lowest BCUT2D eigenvalue weighted by Gasteiger charge is -2.20. The number of thioether (sulfide) groups is 3. The molecule has 0 unspecified atom stereocenters. The Labute approximate surface area is 673 Å². The zero-order chi connectivity index (χ0) is 76.6. The van der Waals surface area contributed by atoms with Crippen LogP contribution in [0.15, 0.2) is 176 Å². The van der Waals surface area contributed by atoms with Crippen molar-refractivity contribution >= 4 is 158 Å². The SMILES string of the molecule is O=C(N[C@@H]1CCC[C@H]1O)c1nn(-c2ccc(Cl)cc2Cl)c2c1CSC/C2=C\c1ccc(F)cc1.O=C(N[C@@H]1c2ccccc2C[C@@H]1O)c1nn(-c2ccc(Cl)cc2Cl)c2c1CSC/C2=C\c1ccc(F)cc1.O=C(N[C@H]1c2ccccc2C[C@H]1O)c1nn(-c2ccc(Cl)cc2Cl)c2c1CSC/C2=C\c1ccc(F)cc1. The topological polar surface area (TPSA) is 201 Å². The molecule has 6 atom stereocenters. The number of amides is 3. The molecule has 27 heteroatoms. The highest BCUT2D eigenvalue weighted by molar-refractivity contribution is 7.99. The van der Waals surface area contributed by atoms with E-state index in [1.807, 2.05) is 66.8 Å². The van der Waals surface area contributed by atoms with E-state index in [2.05, 4.69) is 16.0 Å². The van der Waals surface area contributed by atoms with Crippen LogP contribution in [0.2, 0.25) is 30.1 Å². The standard InChI is InChI=1S/2C29H22Cl2FN3O2S.C25H22Cl2FN3O2S/c2*30-19-7-10-24(23(31)13-19)35-28-18(11-16-5-8-20(32)9-6-16)14-38-15-22(28)27(34-35)29(37)33-26-21-4-2-1-3-17(21)12-25(26)36;26-16-6-9-21(19(27)11-16)31-24-15(10-14-4-7-17(28)8-5-14)12-34-13-18(24)23(30-31)25(33)29-20-2-1-3-22(20)32/h2*1-11,13,25-26,36H,12,14-15H2,(H,33,37);4-11,20,22,32H,1-3,12-13H2,(H,29,33)/b2*18-11+;15-10+/t2*25-,26+;20-,22-/m101/s1. The number of rotatable bonds is 12. The summed E-state index contributed by atoms with van der Waals surface area (Å²) in [6.07, 6.45) is 7.21. The van der Waals surface area contributed by atoms with Gasteiger partial charge in [-0.25, -0.2) is 27.2 Å². The summed E-state index contributed by atoms with van der Waals surface area (Å²) in [5, 5.41) is 57.5. The van der Waals surface area contributed by atoms with Crippen LogP contribution in [0, 0.1) is 17.5 Å². The van der Waals surface area contributed by atoms with E-state index in [9.17, 15) is 42.9 Å². The van der Waals surface area contributed by atoms with E-state index in [1.54, 1.807) is 140 Å². The smallest absolute Gasteiger partial charge is 0.272 e. The minimum atomic E-state index is -0.719. The molecule has 1 saturated carbocycles. The number of aliphatic hydroxyl groups is 3. The lowest BCUT2D eigenvalue weighted by Crippen LogP contribution is -2.40. The van der Waals surface area contributed by atoms with E-state index in [0.717, 1.165) is 102 Å². The summed E-state index contributed by atoms with van der Waals surface area (Å²) in [5.74, 6) is 1.86. The molecule has 0 spiro atoms. The van der Waals surface area contributed by atoms with Crippen molar-refractivity contribution in [2.24, 2.45) is 0 Å². The number of hydrogen-bond donors (Lipinski definition) is 6. The number of hydrogen-bond acceptors (Lipinski definition) is 12. The molecule has 6 aliphatic rings. The number of carbonyl (C=O) groups is 3. The van der Waals surface area contributed by atoms with Crippen LogP contribution >= 0.6 is 105 Å². The average Bonchev–Trinajstić information content (AvgIpc) is 1.61. The highest BCUT2D eigenvalue weighted by Gasteiger charge is 2.39. The first-order valence-corrected chi connectivity index (χ1v) is 40.9. The molecule has 6 heterocycles. The van der Waals surface area contributed by atoms with Gasteiger partial charge < -0.3 is 31.3 Å². The van der Waals surface area contributed by atoms with Gasteiger partial charge in [0.25, 0.3) is 17.7 Å². The molecule has 15 nitrogen and oxygen atoms in total. The van der Waals surface area contributed by atoms with E-state index in [-0.39, 0.29) is 52.6 Å². The van der Waals surface area contributed by atoms with E-state index in [4.69, 9.17) is 84.9 Å². The highest BCUT2D eigenvalue weighted by atomic mass is 35.5. The predicted molar refractivity (Wildman–Crippen MR) is 436 cm³/mol. The fraction of sp³-hybridized carbons (Fsp3) is 0.205. The van der Waals surface area contributed by atoms with Gasteiger partial charge in [-0.3, -0.25) is 14.4 Å². The van der Waals surface area contributed by atoms with E-state index >= 15 is 0 Å². The van der Waals surface area contributed by atoms with Gasteiger partial charge >= 0.3 is 0 Å². The molecular weight excluding hydrogens is 1580 g/mol. The van der Waals surface area contributed by atoms with Gasteiger partial charge in [-0.15, -0.1) is 0 Å². The molecule has 3 aliphatic carbocycles. The minimum absolute atomic E-state index is 0.278. The highest BCUT2D eigenvalue weighted by Crippen LogP contribution is 2.44. The summed E-state index contributed by atoms with van der Waals surface area (Å²) in [4.78, 5) is 40.7. The Balaban J connectivity index is 0.000000131. The van der Waals surface area contributed by atoms with Crippen molar-refractivity contribution in [3.05, 3.63) is 313 Å². The summed E-state index contributed by atoms with van der Waals surface area (Å²) >= 11 is 43.1. The monoisotopic (exact) mass is 1650 g/mol. The molecule has 3 aromatic heterocycles. The van der Waals surface area contributed by atoms with Gasteiger partial charge in [0.15, 0.2) is 17.1 Å². The van der Waals surface area contributed by atoms with Gasteiger partial charge in [0.2, 0.25) is 0 Å². The zero-order valence-electron chi connectivity index (χ0n) is 58.1. The van der Waals surface area contributed by atoms with Crippen LogP contribution in [0.1, 0.15) is 136 Å². The van der Waals surface area contributed by atoms with Crippen LogP contribution in [0.5, 0.6) is 0 Å². The molecule has 3 amide bonds. The summed E-state index contributed by atoms with van der Waals surface area (Å²) in [5.41, 5.74) is 16.6. The zero-order valence-corrected chi connectivity index (χ0v) is 65.1. The lowest BCUT2D eigenvalue weighted by molar-refractivity contribution is 0.0848. The van der Waals surface area contributed by atoms with Crippen molar-refractivity contribution < 1.29 is 42.9 Å². The molecular formula is C83H66Cl6F3N9O6S3. The molecule has 0 radical (unpaired) electrons. The van der Waals surface area contributed by atoms with Crippen molar-refractivity contribution in [3.8, 4) is 17.1 Å². The van der Waals surface area contributed by atoms with Crippen molar-refractivity contribution in [2.45, 2.75) is 85.8 Å². The minimum Gasteiger partial charge on any atom is -0.391 e. The van der Waals surface area contributed by atoms with Crippen molar-refractivity contribution in [1.82, 2.24) is 45.3 Å². The Bertz CT molecular complexity index is 5270. The quantitative estimate of drug-likeness (QED) is 0.0677. The number of nitrogens with zero attached hydrogens (tertiary/aromatic N) is 6. The maximum Gasteiger partial charge on any atom is 0.272 e. The van der Waals surface area contributed by atoms with Gasteiger partial charge in [-0.2, -0.15) is 50.6 Å². The average molecular weight is 1650 g/mol. The fourth-order valence-electron chi connectivity index (χ4n) is 14.6. The van der Waals surface area contributed by atoms with Crippen LogP contribution in [0.4, 0.5) is 13.2 Å². The second-order valence-electron chi connectivity index (χ2n) is 27.1. The van der Waals surface area contributed by atoms with Crippen LogP contribution < -0.4 is 16.0 Å². The number of aliphatic hydroxyl groups excluding tert-OH is 3. The number of nitrogens with one attached hydrogen (secondary N) is 3. The third-order valence-corrected chi connectivity index (χ3v) is 24.5. The third kappa shape index (κ3) is 16.4. The summed E-state index contributed by atoms with van der Waals surface area (Å²) in [6, 6.07) is 48.3. The number of carbonyl (C=O) groups excluding carboxylic acids is 3. The Morgan fingerprint density at radius 2 is 0.736 bits per heavy atom. The van der Waals surface area contributed by atoms with E-state index < -0.39 is 30.4 Å². The Hall–Kier alpha value is -8.52. The van der Waals surface area contributed by atoms with Crippen LogP contribution in [0.25, 0.3) is 52.0 Å². The molecule has 6 N–H and O–H groups in total. The number of halogens is 9. The number of fused-ring (bicyclic) bond motifs is 5. The van der Waals surface area contributed by atoms with Crippen LogP contribution in [-0.4, -0.2) is 104 Å². The molecule has 560 valence electrons. The molecule has 17 rings (SSSR count). The molecule has 8 aromatic carbocycles. The fourth-order valence-corrected chi connectivity index (χ4v) is 19.2. The van der Waals surface area contributed by atoms with Crippen LogP contribution in [-0.2, 0) is 30.1 Å². The van der Waals surface area contributed by atoms with Crippen molar-refractivity contribution in [1.29, 1.82) is 0 Å². The maximum absolute atomic E-state index is 13.7. The number of aromatic nitrogens is 6. The van der Waals surface area contributed by atoms with Crippen LogP contribution in [0.3, 0.4) is 0 Å². The molecule has 3 aliphatic heterocycles. The van der Waals surface area contributed by atoms with E-state index in [0.29, 0.717) is 107 Å². The third-order valence-electron chi connectivity index (χ3n) is 19.8. The second-order valence-corrected chi connectivity index (χ2v) is 32.6. The second kappa shape index (κ2) is 33.4. The molecule has 0 saturated heterocycles. The molecule has 1 fully saturated rings. The normalized spacial score (nSPS) is 19.8. The van der Waals surface area contributed by atoms with Gasteiger partial charge in [0.1, 0.15) is 17.5 Å². The molecule has 11 aromatic rings. The molecule has 110 heavy (non-hydrogen) atoms. The first-order valence-electron chi connectivity index (χ1n) is 35.2. The Kier molecular flexibility index (Phi) is 23.3. The summed E-state index contributed by atoms with van der Waals surface area (Å²) in [6.45, 7) is 0. The first-order chi connectivity index (χ1) is 53.2. The Morgan fingerprint density at radius 1 is 0.409 bits per heavy atom. The summed E-state index contributed by atoms with van der Waals surface area (Å²) in [7, 11) is 0. The van der Waals surface area contributed by atoms with E-state index in [1.165, 1.54) is 36.4 Å². The van der Waals surface area contributed by atoms with Gasteiger partial charge in [0, 0.05) is 79.1 Å². The predicted octanol–water partition coefficient (Wildman–Crippen LogP) is 18.7. The first kappa shape index (κ1) is 76.8. The van der Waals surface area contributed by atoms with Gasteiger partial charge in [-0.05, 0) is 184 Å². The Morgan fingerprint density at radius 3 is 1.05 bits per heavy atom. The largest absolute Gasteiger partial charge is 0.391 e. The maximum atomic E-state index is 13.7. The van der Waals surface area contributed by atoms with Crippen molar-refractivity contribution in [2.75, 3.05) is 17.3 Å². The molecule has 0 bridgehead atoms. The van der Waals surface area contributed by atoms with Crippen molar-refractivity contribution in [3.63, 3.8) is 0 Å². The lowest BCUT2D eigenvalue weighted by atomic mass is 10.0. The summed E-state index contributed by atoms with van der Waals surface area (Å²) < 4.78 is 45.5. The number of benzene rings is 8. The van der Waals surface area contributed by atoms with Gasteiger partial charge in [0.05, 0.1) is 85.6 Å². The van der Waals surface area contributed by atoms with Gasteiger partial charge in [-0.1, -0.05) is 155 Å².